The molecule has 1 aliphatic rings. The Morgan fingerprint density at radius 3 is 2.04 bits per heavy atom. The Labute approximate surface area is 157 Å². The fourth-order valence-electron chi connectivity index (χ4n) is 3.17. The van der Waals surface area contributed by atoms with Crippen LogP contribution < -0.4 is 14.8 Å². The minimum absolute atomic E-state index is 0. The van der Waals surface area contributed by atoms with Gasteiger partial charge in [0.2, 0.25) is 5.75 Å². The summed E-state index contributed by atoms with van der Waals surface area (Å²) in [5.74, 6) is 1.52. The minimum atomic E-state index is 0. The maximum absolute atomic E-state index is 10.1. The normalized spacial score (nSPS) is 17.2. The van der Waals surface area contributed by atoms with E-state index in [1.807, 2.05) is 12.1 Å². The van der Waals surface area contributed by atoms with Crippen LogP contribution in [0.1, 0.15) is 31.9 Å². The maximum atomic E-state index is 10.1. The molecule has 1 unspecified atom stereocenters. The van der Waals surface area contributed by atoms with E-state index in [9.17, 15) is 5.11 Å². The van der Waals surface area contributed by atoms with Crippen molar-refractivity contribution in [3.05, 3.63) is 17.7 Å². The zero-order valence-electron chi connectivity index (χ0n) is 14.9. The lowest BCUT2D eigenvalue weighted by Gasteiger charge is -2.38. The maximum Gasteiger partial charge on any atom is 0.200 e. The number of phenols is 1. The number of methoxy groups -OCH3 is 2. The highest BCUT2D eigenvalue weighted by Crippen LogP contribution is 2.42. The summed E-state index contributed by atoms with van der Waals surface area (Å²) in [6.07, 6.45) is 1.10. The second-order valence-corrected chi connectivity index (χ2v) is 5.89. The van der Waals surface area contributed by atoms with Crippen molar-refractivity contribution in [1.82, 2.24) is 10.2 Å². The summed E-state index contributed by atoms with van der Waals surface area (Å²) in [6, 6.07) is 4.18. The predicted octanol–water partition coefficient (Wildman–Crippen LogP) is 3.25. The third kappa shape index (κ3) is 5.06. The van der Waals surface area contributed by atoms with Crippen LogP contribution in [0.15, 0.2) is 12.1 Å². The average Bonchev–Trinajstić information content (AvgIpc) is 2.56. The summed E-state index contributed by atoms with van der Waals surface area (Å²) in [6.45, 7) is 8.58. The van der Waals surface area contributed by atoms with Crippen molar-refractivity contribution in [3.8, 4) is 17.2 Å². The van der Waals surface area contributed by atoms with Gasteiger partial charge in [-0.05, 0) is 23.6 Å². The van der Waals surface area contributed by atoms with Gasteiger partial charge in [-0.15, -0.1) is 24.8 Å². The molecule has 5 nitrogen and oxygen atoms in total. The fraction of sp³-hybridized carbons (Fsp3) is 0.647. The minimum Gasteiger partial charge on any atom is -0.502 e. The zero-order valence-corrected chi connectivity index (χ0v) is 16.5. The molecular weight excluding hydrogens is 351 g/mol. The second kappa shape index (κ2) is 10.9. The van der Waals surface area contributed by atoms with Gasteiger partial charge in [0.1, 0.15) is 0 Å². The number of rotatable bonds is 6. The molecule has 0 bridgehead atoms. The molecule has 1 aliphatic heterocycles. The highest BCUT2D eigenvalue weighted by Gasteiger charge is 2.28. The summed E-state index contributed by atoms with van der Waals surface area (Å²) in [4.78, 5) is 2.51. The number of hydrogen-bond acceptors (Lipinski definition) is 5. The Morgan fingerprint density at radius 1 is 1.12 bits per heavy atom. The lowest BCUT2D eigenvalue weighted by molar-refractivity contribution is 0.128. The molecule has 0 saturated carbocycles. The van der Waals surface area contributed by atoms with E-state index in [2.05, 4.69) is 24.1 Å². The molecule has 0 amide bonds. The van der Waals surface area contributed by atoms with Gasteiger partial charge in [-0.3, -0.25) is 4.90 Å². The molecule has 24 heavy (non-hydrogen) atoms. The molecule has 7 heteroatoms. The highest BCUT2D eigenvalue weighted by molar-refractivity contribution is 5.85. The molecule has 2 atom stereocenters. The molecule has 1 fully saturated rings. The number of aromatic hydroxyl groups is 1. The van der Waals surface area contributed by atoms with Gasteiger partial charge in [0, 0.05) is 32.2 Å². The summed E-state index contributed by atoms with van der Waals surface area (Å²) in [5.41, 5.74) is 1.14. The van der Waals surface area contributed by atoms with Crippen molar-refractivity contribution < 1.29 is 14.6 Å². The molecule has 2 rings (SSSR count). The number of benzene rings is 1. The van der Waals surface area contributed by atoms with Crippen LogP contribution in [-0.4, -0.2) is 50.4 Å². The van der Waals surface area contributed by atoms with E-state index in [0.717, 1.165) is 38.2 Å². The molecule has 1 aromatic rings. The van der Waals surface area contributed by atoms with Crippen LogP contribution in [0.2, 0.25) is 0 Å². The Bertz CT molecular complexity index is 472. The quantitative estimate of drug-likeness (QED) is 0.792. The third-order valence-electron chi connectivity index (χ3n) is 4.57. The average molecular weight is 381 g/mol. The fourth-order valence-corrected chi connectivity index (χ4v) is 3.17. The highest BCUT2D eigenvalue weighted by atomic mass is 35.5. The standard InChI is InChI=1S/C17H28N2O3.2ClH/c1-5-12(2)16(19-8-6-18-7-9-19)13-10-14(21-3)17(20)15(11-13)22-4;;/h10-12,16,18,20H,5-9H2,1-4H3;2*1H/t12?,16-;;/m1../s1. The summed E-state index contributed by atoms with van der Waals surface area (Å²) in [7, 11) is 3.14. The van der Waals surface area contributed by atoms with Crippen LogP contribution in [-0.2, 0) is 0 Å². The summed E-state index contributed by atoms with van der Waals surface area (Å²) >= 11 is 0. The smallest absolute Gasteiger partial charge is 0.200 e. The van der Waals surface area contributed by atoms with Gasteiger partial charge in [-0.2, -0.15) is 0 Å². The molecule has 0 aliphatic carbocycles. The summed E-state index contributed by atoms with van der Waals surface area (Å²) < 4.78 is 10.6. The first-order chi connectivity index (χ1) is 10.6. The first-order valence-corrected chi connectivity index (χ1v) is 8.02. The molecule has 0 radical (unpaired) electrons. The molecule has 2 N–H and O–H groups in total. The topological polar surface area (TPSA) is 54.0 Å². The number of nitrogens with one attached hydrogen (secondary N) is 1. The molecule has 0 aromatic heterocycles. The van der Waals surface area contributed by atoms with Crippen LogP contribution in [0.25, 0.3) is 0 Å². The van der Waals surface area contributed by atoms with Gasteiger partial charge in [0.25, 0.3) is 0 Å². The van der Waals surface area contributed by atoms with Crippen molar-refractivity contribution in [2.45, 2.75) is 26.3 Å². The molecule has 0 spiro atoms. The molecule has 1 aromatic carbocycles. The van der Waals surface area contributed by atoms with Crippen molar-refractivity contribution >= 4 is 24.8 Å². The number of nitrogens with zero attached hydrogens (tertiary/aromatic N) is 1. The van der Waals surface area contributed by atoms with Crippen LogP contribution >= 0.6 is 24.8 Å². The van der Waals surface area contributed by atoms with E-state index in [0.29, 0.717) is 23.5 Å². The van der Waals surface area contributed by atoms with E-state index in [1.54, 1.807) is 14.2 Å². The molecule has 1 saturated heterocycles. The van der Waals surface area contributed by atoms with Crippen molar-refractivity contribution in [3.63, 3.8) is 0 Å². The van der Waals surface area contributed by atoms with Crippen molar-refractivity contribution in [2.75, 3.05) is 40.4 Å². The number of ether oxygens (including phenoxy) is 2. The Morgan fingerprint density at radius 2 is 1.62 bits per heavy atom. The summed E-state index contributed by atoms with van der Waals surface area (Å²) in [5, 5.41) is 13.5. The van der Waals surface area contributed by atoms with Gasteiger partial charge in [-0.1, -0.05) is 20.3 Å². The van der Waals surface area contributed by atoms with E-state index in [-0.39, 0.29) is 30.6 Å². The number of halogens is 2. The molecule has 1 heterocycles. The van der Waals surface area contributed by atoms with Crippen LogP contribution in [0.4, 0.5) is 0 Å². The van der Waals surface area contributed by atoms with Crippen LogP contribution in [0.5, 0.6) is 17.2 Å². The van der Waals surface area contributed by atoms with Gasteiger partial charge in [-0.25, -0.2) is 0 Å². The Kier molecular flexibility index (Phi) is 10.5. The van der Waals surface area contributed by atoms with E-state index >= 15 is 0 Å². The Hall–Kier alpha value is -0.880. The first kappa shape index (κ1) is 23.1. The predicted molar refractivity (Wildman–Crippen MR) is 102 cm³/mol. The molecule has 140 valence electrons. The van der Waals surface area contributed by atoms with Crippen LogP contribution in [0, 0.1) is 5.92 Å². The zero-order chi connectivity index (χ0) is 16.1. The number of hydrogen-bond donors (Lipinski definition) is 2. The van der Waals surface area contributed by atoms with E-state index in [1.165, 1.54) is 0 Å². The monoisotopic (exact) mass is 380 g/mol. The second-order valence-electron chi connectivity index (χ2n) is 5.89. The largest absolute Gasteiger partial charge is 0.502 e. The number of piperazine rings is 1. The van der Waals surface area contributed by atoms with Gasteiger partial charge < -0.3 is 19.9 Å². The van der Waals surface area contributed by atoms with E-state index < -0.39 is 0 Å². The third-order valence-corrected chi connectivity index (χ3v) is 4.57. The number of phenolic OH excluding ortho intramolecular Hbond substituents is 1. The van der Waals surface area contributed by atoms with Gasteiger partial charge in [0.15, 0.2) is 11.5 Å². The lowest BCUT2D eigenvalue weighted by Crippen LogP contribution is -2.46. The van der Waals surface area contributed by atoms with Crippen molar-refractivity contribution in [1.29, 1.82) is 0 Å². The Balaban J connectivity index is 0.00000264. The van der Waals surface area contributed by atoms with Gasteiger partial charge >= 0.3 is 0 Å². The first-order valence-electron chi connectivity index (χ1n) is 8.02. The van der Waals surface area contributed by atoms with Gasteiger partial charge in [0.05, 0.1) is 14.2 Å². The SMILES string of the molecule is CCC(C)[C@H](c1cc(OC)c(O)c(OC)c1)N1CCNCC1.Cl.Cl. The molecular formula is C17H30Cl2N2O3. The lowest BCUT2D eigenvalue weighted by atomic mass is 9.90. The van der Waals surface area contributed by atoms with Crippen LogP contribution in [0.3, 0.4) is 0 Å². The van der Waals surface area contributed by atoms with Crippen molar-refractivity contribution in [2.24, 2.45) is 5.92 Å². The van der Waals surface area contributed by atoms with E-state index in [4.69, 9.17) is 9.47 Å².